The van der Waals surface area contributed by atoms with E-state index < -0.39 is 11.8 Å². The van der Waals surface area contributed by atoms with Crippen molar-refractivity contribution in [2.45, 2.75) is 4.90 Å². The van der Waals surface area contributed by atoms with Gasteiger partial charge in [-0.25, -0.2) is 4.98 Å². The number of carbonyl (C=O) groups is 3. The van der Waals surface area contributed by atoms with E-state index in [4.69, 9.17) is 4.74 Å². The van der Waals surface area contributed by atoms with Crippen molar-refractivity contribution in [3.63, 3.8) is 0 Å². The van der Waals surface area contributed by atoms with Gasteiger partial charge in [0.2, 0.25) is 5.91 Å². The Kier molecular flexibility index (Phi) is 10.8. The van der Waals surface area contributed by atoms with E-state index in [2.05, 4.69) is 36.9 Å². The number of thiazole rings is 1. The minimum absolute atomic E-state index is 0.0790. The van der Waals surface area contributed by atoms with E-state index in [0.29, 0.717) is 22.1 Å². The summed E-state index contributed by atoms with van der Waals surface area (Å²) in [6, 6.07) is 30.8. The van der Waals surface area contributed by atoms with Gasteiger partial charge in [-0.1, -0.05) is 64.5 Å². The van der Waals surface area contributed by atoms with Crippen LogP contribution in [0.3, 0.4) is 0 Å². The molecule has 3 amide bonds. The largest absolute Gasteiger partial charge is 0.496 e. The van der Waals surface area contributed by atoms with Crippen LogP contribution in [0.4, 0.5) is 10.8 Å². The number of nitrogens with one attached hydrogen (secondary N) is 3. The van der Waals surface area contributed by atoms with Crippen LogP contribution in [-0.4, -0.2) is 35.6 Å². The number of carbonyl (C=O) groups excluding carboxylic acids is 3. The maximum Gasteiger partial charge on any atom is 0.272 e. The highest BCUT2D eigenvalue weighted by molar-refractivity contribution is 9.10. The second-order valence-electron chi connectivity index (χ2n) is 9.49. The number of ether oxygens (including phenoxy) is 1. The molecular weight excluding hydrogens is 672 g/mol. The zero-order valence-electron chi connectivity index (χ0n) is 24.0. The number of halogens is 1. The van der Waals surface area contributed by atoms with Gasteiger partial charge in [0, 0.05) is 31.6 Å². The molecule has 1 heterocycles. The quantitative estimate of drug-likeness (QED) is 0.0963. The Morgan fingerprint density at radius 2 is 1.69 bits per heavy atom. The van der Waals surface area contributed by atoms with Gasteiger partial charge in [-0.15, -0.1) is 23.1 Å². The van der Waals surface area contributed by atoms with Crippen LogP contribution in [-0.2, 0) is 9.59 Å². The van der Waals surface area contributed by atoms with Gasteiger partial charge in [0.25, 0.3) is 11.8 Å². The Balaban J connectivity index is 1.23. The lowest BCUT2D eigenvalue weighted by Gasteiger charge is -2.12. The molecule has 5 aromatic rings. The van der Waals surface area contributed by atoms with Crippen molar-refractivity contribution < 1.29 is 19.1 Å². The van der Waals surface area contributed by atoms with E-state index in [1.54, 1.807) is 55.7 Å². The van der Waals surface area contributed by atoms with Crippen LogP contribution in [0.15, 0.2) is 124 Å². The van der Waals surface area contributed by atoms with Crippen LogP contribution < -0.4 is 20.7 Å². The molecule has 45 heavy (non-hydrogen) atoms. The summed E-state index contributed by atoms with van der Waals surface area (Å²) in [4.78, 5) is 44.3. The highest BCUT2D eigenvalue weighted by Gasteiger charge is 2.16. The topological polar surface area (TPSA) is 109 Å². The van der Waals surface area contributed by atoms with Crippen LogP contribution in [0.5, 0.6) is 5.75 Å². The Labute approximate surface area is 277 Å². The van der Waals surface area contributed by atoms with Gasteiger partial charge in [-0.2, -0.15) is 0 Å². The fraction of sp³-hybridized carbons (Fsp3) is 0.0588. The smallest absolute Gasteiger partial charge is 0.272 e. The number of hydrogen-bond donors (Lipinski definition) is 3. The zero-order chi connectivity index (χ0) is 31.6. The Morgan fingerprint density at radius 3 is 2.49 bits per heavy atom. The third-order valence-electron chi connectivity index (χ3n) is 6.28. The van der Waals surface area contributed by atoms with E-state index in [0.717, 1.165) is 26.2 Å². The number of hydrogen-bond acceptors (Lipinski definition) is 7. The average Bonchev–Trinajstić information content (AvgIpc) is 3.52. The molecule has 4 aromatic carbocycles. The third kappa shape index (κ3) is 8.91. The van der Waals surface area contributed by atoms with E-state index >= 15 is 0 Å². The van der Waals surface area contributed by atoms with Crippen molar-refractivity contribution in [2.24, 2.45) is 0 Å². The highest BCUT2D eigenvalue weighted by atomic mass is 79.9. The number of amides is 3. The summed E-state index contributed by atoms with van der Waals surface area (Å²) in [5.41, 5.74) is 3.32. The maximum atomic E-state index is 13.4. The molecule has 0 aliphatic carbocycles. The van der Waals surface area contributed by atoms with Crippen molar-refractivity contribution in [3.8, 4) is 17.0 Å². The van der Waals surface area contributed by atoms with Crippen molar-refractivity contribution in [1.29, 1.82) is 0 Å². The number of rotatable bonds is 11. The monoisotopic (exact) mass is 698 g/mol. The summed E-state index contributed by atoms with van der Waals surface area (Å²) in [5, 5.41) is 10.8. The first-order valence-electron chi connectivity index (χ1n) is 13.6. The van der Waals surface area contributed by atoms with Crippen LogP contribution in [0.2, 0.25) is 0 Å². The van der Waals surface area contributed by atoms with Crippen molar-refractivity contribution >= 4 is 73.6 Å². The maximum absolute atomic E-state index is 13.4. The molecule has 0 spiro atoms. The van der Waals surface area contributed by atoms with E-state index in [-0.39, 0.29) is 17.4 Å². The summed E-state index contributed by atoms with van der Waals surface area (Å²) >= 11 is 6.10. The predicted molar refractivity (Wildman–Crippen MR) is 185 cm³/mol. The summed E-state index contributed by atoms with van der Waals surface area (Å²) in [6.07, 6.45) is 1.61. The molecule has 3 N–H and O–H groups in total. The first-order chi connectivity index (χ1) is 21.9. The molecule has 0 bridgehead atoms. The molecule has 0 atom stereocenters. The lowest BCUT2D eigenvalue weighted by molar-refractivity contribution is -0.114. The number of thioether (sulfide) groups is 1. The average molecular weight is 700 g/mol. The van der Waals surface area contributed by atoms with Crippen LogP contribution in [0.25, 0.3) is 17.3 Å². The van der Waals surface area contributed by atoms with Gasteiger partial charge >= 0.3 is 0 Å². The standard InChI is InChI=1S/C34H27BrN4O4S2/c1-43-30-16-6-5-15-27(30)29-20-45-34(38-29)39-31(40)21-44-26-14-8-13-25(19-26)36-33(42)28(18-22-9-7-12-24(35)17-22)37-32(41)23-10-3-2-4-11-23/h2-20H,21H2,1H3,(H,36,42)(H,37,41)(H,38,39,40)/b28-18+. The van der Waals surface area contributed by atoms with Gasteiger partial charge < -0.3 is 20.7 Å². The lowest BCUT2D eigenvalue weighted by atomic mass is 10.1. The SMILES string of the molecule is COc1ccccc1-c1csc(NC(=O)CSc2cccc(NC(=O)/C(=C\c3cccc(Br)c3)NC(=O)c3ccccc3)c2)n1. The molecule has 226 valence electrons. The second-order valence-corrected chi connectivity index (χ2v) is 12.3. The lowest BCUT2D eigenvalue weighted by Crippen LogP contribution is -2.30. The highest BCUT2D eigenvalue weighted by Crippen LogP contribution is 2.32. The number of aromatic nitrogens is 1. The molecule has 0 radical (unpaired) electrons. The van der Waals surface area contributed by atoms with Crippen molar-refractivity contribution in [2.75, 3.05) is 23.5 Å². The second kappa shape index (κ2) is 15.3. The molecule has 0 saturated heterocycles. The van der Waals surface area contributed by atoms with E-state index in [9.17, 15) is 14.4 Å². The van der Waals surface area contributed by atoms with Gasteiger partial charge in [0.1, 0.15) is 11.4 Å². The molecule has 0 aliphatic rings. The van der Waals surface area contributed by atoms with Gasteiger partial charge in [0.15, 0.2) is 5.13 Å². The first kappa shape index (κ1) is 31.7. The van der Waals surface area contributed by atoms with Gasteiger partial charge in [-0.3, -0.25) is 14.4 Å². The molecule has 5 rings (SSSR count). The molecular formula is C34H27BrN4O4S2. The van der Waals surface area contributed by atoms with Crippen molar-refractivity contribution in [3.05, 3.63) is 130 Å². The zero-order valence-corrected chi connectivity index (χ0v) is 27.2. The molecule has 0 fully saturated rings. The Hall–Kier alpha value is -4.71. The van der Waals surface area contributed by atoms with E-state index in [1.165, 1.54) is 23.1 Å². The van der Waals surface area contributed by atoms with Crippen LogP contribution in [0, 0.1) is 0 Å². The molecule has 8 nitrogen and oxygen atoms in total. The van der Waals surface area contributed by atoms with Gasteiger partial charge in [-0.05, 0) is 66.2 Å². The Morgan fingerprint density at radius 1 is 0.911 bits per heavy atom. The molecule has 0 saturated carbocycles. The minimum atomic E-state index is -0.492. The molecule has 0 unspecified atom stereocenters. The number of anilines is 2. The number of methoxy groups -OCH3 is 1. The third-order valence-corrected chi connectivity index (χ3v) is 8.53. The summed E-state index contributed by atoms with van der Waals surface area (Å²) in [5.74, 6) is -0.260. The summed E-state index contributed by atoms with van der Waals surface area (Å²) < 4.78 is 6.25. The van der Waals surface area contributed by atoms with Crippen molar-refractivity contribution in [1.82, 2.24) is 10.3 Å². The fourth-order valence-corrected chi connectivity index (χ4v) is 6.08. The molecule has 1 aromatic heterocycles. The summed E-state index contributed by atoms with van der Waals surface area (Å²) in [6.45, 7) is 0. The molecule has 11 heteroatoms. The predicted octanol–water partition coefficient (Wildman–Crippen LogP) is 7.72. The Bertz CT molecular complexity index is 1860. The van der Waals surface area contributed by atoms with Crippen LogP contribution in [0.1, 0.15) is 15.9 Å². The number of benzene rings is 4. The van der Waals surface area contributed by atoms with Gasteiger partial charge in [0.05, 0.1) is 18.6 Å². The van der Waals surface area contributed by atoms with E-state index in [1.807, 2.05) is 66.0 Å². The normalized spacial score (nSPS) is 11.0. The number of para-hydroxylation sites is 1. The molecule has 0 aliphatic heterocycles. The minimum Gasteiger partial charge on any atom is -0.496 e. The van der Waals surface area contributed by atoms with Crippen LogP contribution >= 0.6 is 39.0 Å². The summed E-state index contributed by atoms with van der Waals surface area (Å²) in [7, 11) is 1.61. The number of nitrogens with zero attached hydrogens (tertiary/aromatic N) is 1. The first-order valence-corrected chi connectivity index (χ1v) is 16.3. The fourth-order valence-electron chi connectivity index (χ4n) is 4.18.